The average Bonchev–Trinajstić information content (AvgIpc) is 3.03. The molecular weight excluding hydrogens is 286 g/mol. The third kappa shape index (κ3) is 2.97. The van der Waals surface area contributed by atoms with Crippen molar-refractivity contribution in [3.63, 3.8) is 0 Å². The molecular formula is C14H17N5OS. The molecule has 3 aromatic heterocycles. The van der Waals surface area contributed by atoms with Gasteiger partial charge in [0.1, 0.15) is 0 Å². The number of hydrogen-bond donors (Lipinski definition) is 1. The number of fused-ring (bicyclic) bond motifs is 1. The lowest BCUT2D eigenvalue weighted by atomic mass is 10.2. The third-order valence-electron chi connectivity index (χ3n) is 2.95. The van der Waals surface area contributed by atoms with Gasteiger partial charge in [-0.3, -0.25) is 0 Å². The van der Waals surface area contributed by atoms with E-state index in [-0.39, 0.29) is 0 Å². The number of ether oxygens (including phenoxy) is 1. The standard InChI is InChI=1S/C14H17N5OS/c1-9(2)6-16-13-18-19-8-11(17-14(19)21-13)10-4-5-12(20-3)15-7-10/h4-5,7-9H,6H2,1-3H3,(H,16,18). The monoisotopic (exact) mass is 303 g/mol. The van der Waals surface area contributed by atoms with Crippen LogP contribution in [-0.2, 0) is 0 Å². The highest BCUT2D eigenvalue weighted by molar-refractivity contribution is 7.20. The van der Waals surface area contributed by atoms with Gasteiger partial charge < -0.3 is 10.1 Å². The van der Waals surface area contributed by atoms with Gasteiger partial charge in [0.05, 0.1) is 19.0 Å². The lowest BCUT2D eigenvalue weighted by Gasteiger charge is -2.03. The van der Waals surface area contributed by atoms with E-state index in [1.807, 2.05) is 18.3 Å². The van der Waals surface area contributed by atoms with E-state index in [0.717, 1.165) is 27.9 Å². The van der Waals surface area contributed by atoms with Gasteiger partial charge in [0, 0.05) is 24.4 Å². The fourth-order valence-electron chi connectivity index (χ4n) is 1.85. The highest BCUT2D eigenvalue weighted by atomic mass is 32.1. The second-order valence-corrected chi connectivity index (χ2v) is 6.08. The number of rotatable bonds is 5. The van der Waals surface area contributed by atoms with Crippen LogP contribution in [0, 0.1) is 5.92 Å². The van der Waals surface area contributed by atoms with Crippen molar-refractivity contribution in [3.05, 3.63) is 24.5 Å². The van der Waals surface area contributed by atoms with Crippen LogP contribution in [0.4, 0.5) is 5.13 Å². The molecule has 3 aromatic rings. The summed E-state index contributed by atoms with van der Waals surface area (Å²) in [5.41, 5.74) is 1.81. The van der Waals surface area contributed by atoms with Gasteiger partial charge in [-0.05, 0) is 12.0 Å². The van der Waals surface area contributed by atoms with Crippen LogP contribution in [0.3, 0.4) is 0 Å². The first kappa shape index (κ1) is 13.8. The van der Waals surface area contributed by atoms with E-state index in [4.69, 9.17) is 4.74 Å². The van der Waals surface area contributed by atoms with Crippen LogP contribution in [0.5, 0.6) is 5.88 Å². The topological polar surface area (TPSA) is 64.3 Å². The van der Waals surface area contributed by atoms with Crippen molar-refractivity contribution in [1.29, 1.82) is 0 Å². The van der Waals surface area contributed by atoms with Gasteiger partial charge >= 0.3 is 0 Å². The van der Waals surface area contributed by atoms with E-state index in [1.54, 1.807) is 29.2 Å². The van der Waals surface area contributed by atoms with Crippen LogP contribution in [0.25, 0.3) is 16.2 Å². The quantitative estimate of drug-likeness (QED) is 0.785. The maximum absolute atomic E-state index is 5.06. The summed E-state index contributed by atoms with van der Waals surface area (Å²) >= 11 is 1.55. The van der Waals surface area contributed by atoms with Crippen LogP contribution >= 0.6 is 11.3 Å². The number of pyridine rings is 1. The molecule has 1 N–H and O–H groups in total. The minimum atomic E-state index is 0.585. The predicted molar refractivity (Wildman–Crippen MR) is 84.0 cm³/mol. The van der Waals surface area contributed by atoms with Gasteiger partial charge in [0.2, 0.25) is 16.0 Å². The van der Waals surface area contributed by atoms with Crippen LogP contribution < -0.4 is 10.1 Å². The van der Waals surface area contributed by atoms with E-state index in [9.17, 15) is 0 Å². The number of imidazole rings is 1. The van der Waals surface area contributed by atoms with Crippen molar-refractivity contribution in [3.8, 4) is 17.1 Å². The summed E-state index contributed by atoms with van der Waals surface area (Å²) < 4.78 is 6.85. The van der Waals surface area contributed by atoms with Crippen molar-refractivity contribution >= 4 is 21.4 Å². The second-order valence-electron chi connectivity index (χ2n) is 5.12. The van der Waals surface area contributed by atoms with Crippen molar-refractivity contribution in [2.75, 3.05) is 19.0 Å². The summed E-state index contributed by atoms with van der Waals surface area (Å²) in [6, 6.07) is 3.77. The Balaban J connectivity index is 1.82. The lowest BCUT2D eigenvalue weighted by molar-refractivity contribution is 0.398. The molecule has 110 valence electrons. The molecule has 0 spiro atoms. The molecule has 0 unspecified atom stereocenters. The summed E-state index contributed by atoms with van der Waals surface area (Å²) in [6.07, 6.45) is 3.67. The zero-order chi connectivity index (χ0) is 14.8. The first-order valence-corrected chi connectivity index (χ1v) is 7.58. The van der Waals surface area contributed by atoms with E-state index in [0.29, 0.717) is 11.8 Å². The van der Waals surface area contributed by atoms with Crippen LogP contribution in [0.1, 0.15) is 13.8 Å². The predicted octanol–water partition coefficient (Wildman–Crippen LogP) is 2.93. The Morgan fingerprint density at radius 1 is 1.38 bits per heavy atom. The second kappa shape index (κ2) is 5.69. The Morgan fingerprint density at radius 3 is 2.86 bits per heavy atom. The number of anilines is 1. The molecule has 21 heavy (non-hydrogen) atoms. The van der Waals surface area contributed by atoms with E-state index in [1.165, 1.54) is 0 Å². The minimum absolute atomic E-state index is 0.585. The summed E-state index contributed by atoms with van der Waals surface area (Å²) in [5, 5.41) is 8.69. The molecule has 0 aromatic carbocycles. The molecule has 0 aliphatic heterocycles. The maximum Gasteiger partial charge on any atom is 0.214 e. The molecule has 6 nitrogen and oxygen atoms in total. The summed E-state index contributed by atoms with van der Waals surface area (Å²) in [7, 11) is 1.60. The van der Waals surface area contributed by atoms with Gasteiger partial charge in [0.15, 0.2) is 0 Å². The largest absolute Gasteiger partial charge is 0.481 e. The smallest absolute Gasteiger partial charge is 0.214 e. The molecule has 0 amide bonds. The molecule has 0 saturated heterocycles. The van der Waals surface area contributed by atoms with Gasteiger partial charge in [-0.2, -0.15) is 0 Å². The van der Waals surface area contributed by atoms with Crippen LogP contribution in [-0.4, -0.2) is 33.2 Å². The zero-order valence-electron chi connectivity index (χ0n) is 12.2. The summed E-state index contributed by atoms with van der Waals surface area (Å²) in [5.74, 6) is 1.18. The number of methoxy groups -OCH3 is 1. The fraction of sp³-hybridized carbons (Fsp3) is 0.357. The molecule has 3 heterocycles. The number of nitrogens with one attached hydrogen (secondary N) is 1. The van der Waals surface area contributed by atoms with Gasteiger partial charge in [-0.15, -0.1) is 5.10 Å². The molecule has 0 saturated carbocycles. The zero-order valence-corrected chi connectivity index (χ0v) is 13.0. The molecule has 7 heteroatoms. The molecule has 0 atom stereocenters. The molecule has 0 bridgehead atoms. The highest BCUT2D eigenvalue weighted by Crippen LogP contribution is 2.24. The molecule has 0 radical (unpaired) electrons. The van der Waals surface area contributed by atoms with E-state index in [2.05, 4.69) is 34.2 Å². The highest BCUT2D eigenvalue weighted by Gasteiger charge is 2.10. The Morgan fingerprint density at radius 2 is 2.24 bits per heavy atom. The molecule has 0 aliphatic carbocycles. The van der Waals surface area contributed by atoms with Crippen molar-refractivity contribution in [2.24, 2.45) is 5.92 Å². The van der Waals surface area contributed by atoms with Gasteiger partial charge in [-0.25, -0.2) is 14.5 Å². The summed E-state index contributed by atoms with van der Waals surface area (Å²) in [6.45, 7) is 5.24. The average molecular weight is 303 g/mol. The normalized spacial score (nSPS) is 11.2. The third-order valence-corrected chi connectivity index (χ3v) is 3.83. The molecule has 0 fully saturated rings. The van der Waals surface area contributed by atoms with Crippen molar-refractivity contribution in [2.45, 2.75) is 13.8 Å². The van der Waals surface area contributed by atoms with E-state index >= 15 is 0 Å². The van der Waals surface area contributed by atoms with Crippen LogP contribution in [0.15, 0.2) is 24.5 Å². The van der Waals surface area contributed by atoms with Gasteiger partial charge in [0.25, 0.3) is 0 Å². The summed E-state index contributed by atoms with van der Waals surface area (Å²) in [4.78, 5) is 9.65. The minimum Gasteiger partial charge on any atom is -0.481 e. The number of nitrogens with zero attached hydrogens (tertiary/aromatic N) is 4. The van der Waals surface area contributed by atoms with E-state index < -0.39 is 0 Å². The number of hydrogen-bond acceptors (Lipinski definition) is 6. The van der Waals surface area contributed by atoms with Crippen LogP contribution in [0.2, 0.25) is 0 Å². The molecule has 0 aliphatic rings. The lowest BCUT2D eigenvalue weighted by Crippen LogP contribution is -2.07. The molecule has 3 rings (SSSR count). The first-order chi connectivity index (χ1) is 10.2. The maximum atomic E-state index is 5.06. The Labute approximate surface area is 126 Å². The SMILES string of the molecule is COc1ccc(-c2cn3nc(NCC(C)C)sc3n2)cn1. The first-order valence-electron chi connectivity index (χ1n) is 6.76. The fourth-order valence-corrected chi connectivity index (χ4v) is 2.64. The van der Waals surface area contributed by atoms with Gasteiger partial charge in [-0.1, -0.05) is 25.2 Å². The van der Waals surface area contributed by atoms with Crippen molar-refractivity contribution < 1.29 is 4.74 Å². The van der Waals surface area contributed by atoms with Crippen molar-refractivity contribution in [1.82, 2.24) is 19.6 Å². The Hall–Kier alpha value is -2.15. The number of aromatic nitrogens is 4. The Kier molecular flexibility index (Phi) is 3.74. The Bertz CT molecular complexity index is 700.